The predicted molar refractivity (Wildman–Crippen MR) is 110 cm³/mol. The fraction of sp³-hybridized carbons (Fsp3) is 0.333. The predicted octanol–water partition coefficient (Wildman–Crippen LogP) is 1.94. The van der Waals surface area contributed by atoms with E-state index in [9.17, 15) is 18.0 Å². The van der Waals surface area contributed by atoms with E-state index in [1.807, 2.05) is 13.8 Å². The Kier molecular flexibility index (Phi) is 6.04. The summed E-state index contributed by atoms with van der Waals surface area (Å²) in [7, 11) is -3.73. The smallest absolute Gasteiger partial charge is 0.248 e. The van der Waals surface area contributed by atoms with Gasteiger partial charge in [-0.1, -0.05) is 38.1 Å². The van der Waals surface area contributed by atoms with Crippen LogP contribution < -0.4 is 5.73 Å². The summed E-state index contributed by atoms with van der Waals surface area (Å²) in [6.07, 6.45) is 0. The second-order valence-electron chi connectivity index (χ2n) is 7.44. The molecule has 2 aromatic carbocycles. The van der Waals surface area contributed by atoms with Crippen molar-refractivity contribution < 1.29 is 18.0 Å². The number of carbonyl (C=O) groups excluding carboxylic acids is 2. The maximum atomic E-state index is 12.9. The molecule has 1 heterocycles. The lowest BCUT2D eigenvalue weighted by molar-refractivity contribution is -0.134. The molecule has 154 valence electrons. The third-order valence-electron chi connectivity index (χ3n) is 5.05. The Morgan fingerprint density at radius 1 is 1.10 bits per heavy atom. The van der Waals surface area contributed by atoms with Crippen molar-refractivity contribution in [2.45, 2.75) is 31.2 Å². The van der Waals surface area contributed by atoms with E-state index in [4.69, 9.17) is 5.73 Å². The van der Waals surface area contributed by atoms with Gasteiger partial charge in [-0.15, -0.1) is 0 Å². The Morgan fingerprint density at radius 2 is 1.79 bits per heavy atom. The highest BCUT2D eigenvalue weighted by molar-refractivity contribution is 7.89. The van der Waals surface area contributed by atoms with Crippen LogP contribution in [-0.2, 0) is 21.4 Å². The topological polar surface area (TPSA) is 101 Å². The van der Waals surface area contributed by atoms with Crippen LogP contribution in [0.4, 0.5) is 0 Å². The minimum absolute atomic E-state index is 0.192. The number of hydrogen-bond acceptors (Lipinski definition) is 4. The van der Waals surface area contributed by atoms with Crippen LogP contribution in [0.25, 0.3) is 0 Å². The van der Waals surface area contributed by atoms with Crippen molar-refractivity contribution in [3.8, 4) is 0 Å². The number of hydrogen-bond donors (Lipinski definition) is 1. The van der Waals surface area contributed by atoms with E-state index in [1.54, 1.807) is 53.4 Å². The normalized spacial score (nSPS) is 15.7. The van der Waals surface area contributed by atoms with Gasteiger partial charge in [0.2, 0.25) is 21.8 Å². The Morgan fingerprint density at radius 3 is 2.38 bits per heavy atom. The Bertz CT molecular complexity index is 1020. The molecular formula is C21H25N3O4S. The van der Waals surface area contributed by atoms with Crippen LogP contribution in [0, 0.1) is 0 Å². The first-order valence-electron chi connectivity index (χ1n) is 9.45. The molecule has 1 saturated heterocycles. The van der Waals surface area contributed by atoms with Crippen LogP contribution in [0.3, 0.4) is 0 Å². The third-order valence-corrected chi connectivity index (χ3v) is 6.91. The number of nitrogens with zero attached hydrogens (tertiary/aromatic N) is 2. The second kappa shape index (κ2) is 8.34. The van der Waals surface area contributed by atoms with Gasteiger partial charge in [0.25, 0.3) is 0 Å². The van der Waals surface area contributed by atoms with Gasteiger partial charge < -0.3 is 10.6 Å². The molecule has 7 nitrogen and oxygen atoms in total. The molecule has 0 unspecified atom stereocenters. The molecule has 0 saturated carbocycles. The number of amides is 2. The van der Waals surface area contributed by atoms with E-state index in [2.05, 4.69) is 0 Å². The van der Waals surface area contributed by atoms with E-state index < -0.39 is 15.9 Å². The first-order chi connectivity index (χ1) is 13.7. The second-order valence-corrected chi connectivity index (χ2v) is 9.38. The number of nitrogens with two attached hydrogens (primary N) is 1. The van der Waals surface area contributed by atoms with Crippen LogP contribution >= 0.6 is 0 Å². The summed E-state index contributed by atoms with van der Waals surface area (Å²) in [6.45, 7) is 4.68. The van der Waals surface area contributed by atoms with Crippen molar-refractivity contribution in [2.75, 3.05) is 19.6 Å². The third kappa shape index (κ3) is 4.65. The summed E-state index contributed by atoms with van der Waals surface area (Å²) < 4.78 is 27.0. The quantitative estimate of drug-likeness (QED) is 0.779. The van der Waals surface area contributed by atoms with Gasteiger partial charge in [-0.05, 0) is 41.3 Å². The zero-order valence-electron chi connectivity index (χ0n) is 16.5. The number of rotatable bonds is 6. The molecule has 1 aliphatic heterocycles. The van der Waals surface area contributed by atoms with Gasteiger partial charge in [-0.2, -0.15) is 4.31 Å². The average Bonchev–Trinajstić information content (AvgIpc) is 2.69. The summed E-state index contributed by atoms with van der Waals surface area (Å²) in [5.74, 6) is -0.495. The molecule has 1 aliphatic rings. The molecule has 0 radical (unpaired) electrons. The Balaban J connectivity index is 1.70. The fourth-order valence-electron chi connectivity index (χ4n) is 3.28. The highest BCUT2D eigenvalue weighted by atomic mass is 32.2. The number of primary amides is 1. The monoisotopic (exact) mass is 415 g/mol. The number of benzene rings is 2. The van der Waals surface area contributed by atoms with Crippen molar-refractivity contribution in [1.82, 2.24) is 9.21 Å². The van der Waals surface area contributed by atoms with Crippen LogP contribution in [-0.4, -0.2) is 49.1 Å². The molecular weight excluding hydrogens is 390 g/mol. The summed E-state index contributed by atoms with van der Waals surface area (Å²) in [5.41, 5.74) is 7.51. The molecule has 0 aromatic heterocycles. The summed E-state index contributed by atoms with van der Waals surface area (Å²) in [4.78, 5) is 25.7. The van der Waals surface area contributed by atoms with E-state index in [0.717, 1.165) is 11.1 Å². The van der Waals surface area contributed by atoms with Crippen molar-refractivity contribution in [3.63, 3.8) is 0 Å². The number of carbonyl (C=O) groups is 2. The van der Waals surface area contributed by atoms with Crippen LogP contribution in [0.2, 0.25) is 0 Å². The van der Waals surface area contributed by atoms with E-state index in [-0.39, 0.29) is 30.4 Å². The van der Waals surface area contributed by atoms with E-state index in [0.29, 0.717) is 18.0 Å². The minimum Gasteiger partial charge on any atom is -0.366 e. The molecule has 3 rings (SSSR count). The first-order valence-corrected chi connectivity index (χ1v) is 10.9. The number of sulfonamides is 1. The van der Waals surface area contributed by atoms with Gasteiger partial charge in [0.05, 0.1) is 11.4 Å². The molecule has 0 atom stereocenters. The molecule has 1 fully saturated rings. The van der Waals surface area contributed by atoms with Gasteiger partial charge in [0, 0.05) is 25.2 Å². The zero-order valence-corrected chi connectivity index (χ0v) is 17.4. The van der Waals surface area contributed by atoms with Crippen molar-refractivity contribution in [3.05, 3.63) is 65.2 Å². The van der Waals surface area contributed by atoms with Crippen molar-refractivity contribution >= 4 is 21.8 Å². The lowest BCUT2D eigenvalue weighted by Gasteiger charge is -2.33. The number of piperazine rings is 1. The summed E-state index contributed by atoms with van der Waals surface area (Å²) >= 11 is 0. The largest absolute Gasteiger partial charge is 0.366 e. The van der Waals surface area contributed by atoms with Gasteiger partial charge >= 0.3 is 0 Å². The lowest BCUT2D eigenvalue weighted by Crippen LogP contribution is -2.51. The Labute approximate surface area is 171 Å². The van der Waals surface area contributed by atoms with E-state index in [1.165, 1.54) is 4.31 Å². The van der Waals surface area contributed by atoms with Crippen LogP contribution in [0.5, 0.6) is 0 Å². The van der Waals surface area contributed by atoms with Gasteiger partial charge in [0.1, 0.15) is 0 Å². The summed E-state index contributed by atoms with van der Waals surface area (Å²) in [5, 5.41) is 0. The standard InChI is InChI=1S/C21H25N3O4S/c1-15(2)17-6-8-19(9-7-17)29(27,28)24-11-10-23(20(25)14-24)13-16-4-3-5-18(12-16)21(22)26/h3-9,12,15H,10-11,13-14H2,1-2H3,(H2,22,26). The van der Waals surface area contributed by atoms with Crippen molar-refractivity contribution in [2.24, 2.45) is 5.73 Å². The SMILES string of the molecule is CC(C)c1ccc(S(=O)(=O)N2CCN(Cc3cccc(C(N)=O)c3)C(=O)C2)cc1. The average molecular weight is 416 g/mol. The van der Waals surface area contributed by atoms with E-state index >= 15 is 0 Å². The summed E-state index contributed by atoms with van der Waals surface area (Å²) in [6, 6.07) is 13.6. The lowest BCUT2D eigenvalue weighted by atomic mass is 10.0. The molecule has 2 aromatic rings. The highest BCUT2D eigenvalue weighted by Crippen LogP contribution is 2.22. The van der Waals surface area contributed by atoms with Gasteiger partial charge in [0.15, 0.2) is 0 Å². The van der Waals surface area contributed by atoms with Crippen molar-refractivity contribution in [1.29, 1.82) is 0 Å². The van der Waals surface area contributed by atoms with Crippen LogP contribution in [0.15, 0.2) is 53.4 Å². The molecule has 29 heavy (non-hydrogen) atoms. The first kappa shape index (κ1) is 21.0. The Hall–Kier alpha value is -2.71. The molecule has 0 spiro atoms. The fourth-order valence-corrected chi connectivity index (χ4v) is 4.66. The highest BCUT2D eigenvalue weighted by Gasteiger charge is 2.32. The van der Waals surface area contributed by atoms with Crippen LogP contribution in [0.1, 0.15) is 41.3 Å². The molecule has 8 heteroatoms. The maximum absolute atomic E-state index is 12.9. The zero-order chi connectivity index (χ0) is 21.2. The molecule has 2 amide bonds. The molecule has 0 aliphatic carbocycles. The van der Waals surface area contributed by atoms with Gasteiger partial charge in [-0.3, -0.25) is 9.59 Å². The minimum atomic E-state index is -3.73. The molecule has 0 bridgehead atoms. The van der Waals surface area contributed by atoms with Gasteiger partial charge in [-0.25, -0.2) is 8.42 Å². The maximum Gasteiger partial charge on any atom is 0.248 e. The molecule has 2 N–H and O–H groups in total.